The summed E-state index contributed by atoms with van der Waals surface area (Å²) in [6.45, 7) is 2.03. The van der Waals surface area contributed by atoms with Crippen LogP contribution in [0.5, 0.6) is 0 Å². The van der Waals surface area contributed by atoms with Gasteiger partial charge < -0.3 is 0 Å². The number of halogens is 2. The summed E-state index contributed by atoms with van der Waals surface area (Å²) < 4.78 is 3.74. The number of thioether (sulfide) groups is 1. The Balaban J connectivity index is 1.56. The summed E-state index contributed by atoms with van der Waals surface area (Å²) >= 11 is 15.5. The van der Waals surface area contributed by atoms with Crippen LogP contribution in [-0.2, 0) is 18.6 Å². The Hall–Kier alpha value is -2.32. The van der Waals surface area contributed by atoms with E-state index in [4.69, 9.17) is 23.2 Å². The van der Waals surface area contributed by atoms with Crippen LogP contribution >= 0.6 is 46.3 Å². The molecule has 0 spiro atoms. The van der Waals surface area contributed by atoms with E-state index < -0.39 is 0 Å². The molecule has 0 atom stereocenters. The van der Waals surface area contributed by atoms with Gasteiger partial charge in [0.25, 0.3) is 5.56 Å². The van der Waals surface area contributed by atoms with Gasteiger partial charge in [-0.2, -0.15) is 0 Å². The van der Waals surface area contributed by atoms with Crippen LogP contribution in [-0.4, -0.2) is 19.2 Å². The molecule has 9 heteroatoms. The maximum Gasteiger partial charge on any atom is 0.268 e. The topological polar surface area (TPSA) is 52.2 Å². The lowest BCUT2D eigenvalue weighted by Gasteiger charge is -2.10. The highest BCUT2D eigenvalue weighted by Gasteiger charge is 2.26. The maximum absolute atomic E-state index is 13.8. The number of hydrogen-bond donors (Lipinski definition) is 0. The minimum Gasteiger partial charge on any atom is -0.268 e. The first-order valence-corrected chi connectivity index (χ1v) is 13.2. The lowest BCUT2D eigenvalue weighted by molar-refractivity contribution is 0.910. The average molecular weight is 513 g/mol. The minimum absolute atomic E-state index is 0.0193. The average Bonchev–Trinajstić information content (AvgIpc) is 3.50. The highest BCUT2D eigenvalue weighted by Crippen LogP contribution is 2.38. The SMILES string of the molecule is Cc1ccc(-n2c(=O)c3c4c(sc3n3c(SCc5ccc(Cl)c(Cl)c5)nnc23)CCC4)cc1. The molecule has 33 heavy (non-hydrogen) atoms. The molecule has 0 amide bonds. The van der Waals surface area contributed by atoms with Crippen molar-refractivity contribution in [2.45, 2.75) is 37.1 Å². The maximum atomic E-state index is 13.8. The van der Waals surface area contributed by atoms with Gasteiger partial charge >= 0.3 is 0 Å². The van der Waals surface area contributed by atoms with Crippen LogP contribution in [0.25, 0.3) is 21.7 Å². The highest BCUT2D eigenvalue weighted by atomic mass is 35.5. The summed E-state index contributed by atoms with van der Waals surface area (Å²) in [4.78, 5) is 16.0. The predicted molar refractivity (Wildman–Crippen MR) is 137 cm³/mol. The van der Waals surface area contributed by atoms with E-state index in [0.717, 1.165) is 51.4 Å². The molecular formula is C24H18Cl2N4OS2. The summed E-state index contributed by atoms with van der Waals surface area (Å²) in [5.41, 5.74) is 4.15. The van der Waals surface area contributed by atoms with Crippen LogP contribution in [0, 0.1) is 6.92 Å². The first-order chi connectivity index (χ1) is 16.0. The van der Waals surface area contributed by atoms with Crippen molar-refractivity contribution in [3.8, 4) is 5.69 Å². The Morgan fingerprint density at radius 1 is 1.06 bits per heavy atom. The molecule has 0 unspecified atom stereocenters. The molecule has 0 radical (unpaired) electrons. The first-order valence-electron chi connectivity index (χ1n) is 10.6. The van der Waals surface area contributed by atoms with E-state index >= 15 is 0 Å². The van der Waals surface area contributed by atoms with Gasteiger partial charge in [0, 0.05) is 10.6 Å². The van der Waals surface area contributed by atoms with Crippen molar-refractivity contribution in [2.75, 3.05) is 0 Å². The van der Waals surface area contributed by atoms with Crippen LogP contribution in [0.15, 0.2) is 52.4 Å². The lowest BCUT2D eigenvalue weighted by atomic mass is 10.2. The number of hydrogen-bond acceptors (Lipinski definition) is 5. The molecule has 3 aromatic heterocycles. The zero-order valence-corrected chi connectivity index (χ0v) is 20.8. The number of nitrogens with zero attached hydrogens (tertiary/aromatic N) is 4. The second-order valence-electron chi connectivity index (χ2n) is 8.17. The number of benzene rings is 2. The van der Waals surface area contributed by atoms with Gasteiger partial charge in [-0.1, -0.05) is 58.7 Å². The lowest BCUT2D eigenvalue weighted by Crippen LogP contribution is -2.21. The molecule has 6 rings (SSSR count). The van der Waals surface area contributed by atoms with Crippen LogP contribution in [0.3, 0.4) is 0 Å². The first kappa shape index (κ1) is 21.2. The van der Waals surface area contributed by atoms with Crippen molar-refractivity contribution in [3.63, 3.8) is 0 Å². The number of aromatic nitrogens is 4. The predicted octanol–water partition coefficient (Wildman–Crippen LogP) is 6.49. The van der Waals surface area contributed by atoms with Crippen LogP contribution in [0.1, 0.15) is 28.0 Å². The standard InChI is InChI=1S/C24H18Cl2N4OS2/c1-13-5-8-15(9-6-13)29-21(31)20-16-3-2-4-19(16)33-22(20)30-23(29)27-28-24(30)32-12-14-7-10-17(25)18(26)11-14/h5-11H,2-4,12H2,1H3. The Kier molecular flexibility index (Phi) is 5.25. The van der Waals surface area contributed by atoms with Gasteiger partial charge in [-0.05, 0) is 61.6 Å². The van der Waals surface area contributed by atoms with Crippen molar-refractivity contribution in [3.05, 3.63) is 84.4 Å². The minimum atomic E-state index is -0.0193. The second-order valence-corrected chi connectivity index (χ2v) is 11.0. The molecule has 0 saturated heterocycles. The van der Waals surface area contributed by atoms with Crippen molar-refractivity contribution >= 4 is 62.3 Å². The van der Waals surface area contributed by atoms with Gasteiger partial charge in [-0.25, -0.2) is 8.97 Å². The normalized spacial score (nSPS) is 13.3. The summed E-state index contributed by atoms with van der Waals surface area (Å²) in [6, 6.07) is 13.6. The van der Waals surface area contributed by atoms with Crippen molar-refractivity contribution in [1.82, 2.24) is 19.2 Å². The molecule has 1 aliphatic carbocycles. The molecule has 0 fully saturated rings. The van der Waals surface area contributed by atoms with E-state index in [1.165, 1.54) is 10.4 Å². The fourth-order valence-electron chi connectivity index (χ4n) is 4.35. The van der Waals surface area contributed by atoms with Crippen molar-refractivity contribution < 1.29 is 0 Å². The fourth-order valence-corrected chi connectivity index (χ4v) is 6.99. The van der Waals surface area contributed by atoms with E-state index in [9.17, 15) is 4.79 Å². The Labute approximate surface area is 208 Å². The number of aryl methyl sites for hydroxylation is 3. The van der Waals surface area contributed by atoms with E-state index in [2.05, 4.69) is 10.2 Å². The molecule has 1 aliphatic rings. The second kappa shape index (κ2) is 8.17. The zero-order valence-electron chi connectivity index (χ0n) is 17.6. The molecular weight excluding hydrogens is 495 g/mol. The van der Waals surface area contributed by atoms with E-state index in [-0.39, 0.29) is 5.56 Å². The highest BCUT2D eigenvalue weighted by molar-refractivity contribution is 7.98. The van der Waals surface area contributed by atoms with E-state index in [1.54, 1.807) is 33.7 Å². The van der Waals surface area contributed by atoms with Crippen LogP contribution < -0.4 is 5.56 Å². The third-order valence-corrected chi connectivity index (χ3v) is 9.00. The monoisotopic (exact) mass is 512 g/mol. The summed E-state index contributed by atoms with van der Waals surface area (Å²) in [7, 11) is 0. The van der Waals surface area contributed by atoms with Gasteiger partial charge in [-0.3, -0.25) is 4.79 Å². The molecule has 0 saturated carbocycles. The summed E-state index contributed by atoms with van der Waals surface area (Å²) in [5, 5.41) is 11.6. The molecule has 0 bridgehead atoms. The summed E-state index contributed by atoms with van der Waals surface area (Å²) in [5.74, 6) is 1.20. The van der Waals surface area contributed by atoms with E-state index in [0.29, 0.717) is 21.6 Å². The smallest absolute Gasteiger partial charge is 0.268 e. The Morgan fingerprint density at radius 2 is 1.88 bits per heavy atom. The van der Waals surface area contributed by atoms with Gasteiger partial charge in [0.15, 0.2) is 5.16 Å². The number of rotatable bonds is 4. The molecule has 0 N–H and O–H groups in total. The van der Waals surface area contributed by atoms with E-state index in [1.807, 2.05) is 47.7 Å². The molecule has 5 nitrogen and oxygen atoms in total. The molecule has 0 aliphatic heterocycles. The number of thiophene rings is 1. The third-order valence-electron chi connectivity index (χ3n) is 5.98. The number of fused-ring (bicyclic) bond motifs is 5. The Bertz CT molecular complexity index is 1600. The van der Waals surface area contributed by atoms with Crippen LogP contribution in [0.2, 0.25) is 10.0 Å². The fraction of sp³-hybridized carbons (Fsp3) is 0.208. The molecule has 2 aromatic carbocycles. The molecule has 3 heterocycles. The molecule has 166 valence electrons. The van der Waals surface area contributed by atoms with Crippen LogP contribution in [0.4, 0.5) is 0 Å². The third kappa shape index (κ3) is 3.49. The summed E-state index contributed by atoms with van der Waals surface area (Å²) in [6.07, 6.45) is 3.06. The largest absolute Gasteiger partial charge is 0.268 e. The zero-order chi connectivity index (χ0) is 22.7. The van der Waals surface area contributed by atoms with Gasteiger partial charge in [0.05, 0.1) is 21.1 Å². The van der Waals surface area contributed by atoms with Gasteiger partial charge in [0.1, 0.15) is 4.83 Å². The van der Waals surface area contributed by atoms with Crippen molar-refractivity contribution in [2.24, 2.45) is 0 Å². The molecule has 5 aromatic rings. The Morgan fingerprint density at radius 3 is 2.67 bits per heavy atom. The van der Waals surface area contributed by atoms with Gasteiger partial charge in [0.2, 0.25) is 5.78 Å². The van der Waals surface area contributed by atoms with Gasteiger partial charge in [-0.15, -0.1) is 21.5 Å². The van der Waals surface area contributed by atoms with Crippen molar-refractivity contribution in [1.29, 1.82) is 0 Å². The quantitative estimate of drug-likeness (QED) is 0.258.